The van der Waals surface area contributed by atoms with Gasteiger partial charge in [-0.3, -0.25) is 9.80 Å². The zero-order valence-corrected chi connectivity index (χ0v) is 12.6. The molecule has 1 fully saturated rings. The van der Waals surface area contributed by atoms with Crippen LogP contribution in [0.25, 0.3) is 0 Å². The highest BCUT2D eigenvalue weighted by molar-refractivity contribution is 6.37. The first kappa shape index (κ1) is 15.5. The summed E-state index contributed by atoms with van der Waals surface area (Å²) < 4.78 is 5.37. The Morgan fingerprint density at radius 2 is 2.09 bits per heavy atom. The number of carboxylic acid groups (broad SMARTS) is 1. The van der Waals surface area contributed by atoms with Crippen molar-refractivity contribution in [3.05, 3.63) is 30.3 Å². The van der Waals surface area contributed by atoms with Crippen LogP contribution in [0.15, 0.2) is 35.4 Å². The molecule has 0 radical (unpaired) electrons. The number of ether oxygens (including phenoxy) is 1. The van der Waals surface area contributed by atoms with Crippen LogP contribution in [0.1, 0.15) is 19.3 Å². The minimum atomic E-state index is -1.10. The van der Waals surface area contributed by atoms with Gasteiger partial charge in [-0.1, -0.05) is 18.2 Å². The number of hydrogen-bond acceptors (Lipinski definition) is 5. The second-order valence-electron chi connectivity index (χ2n) is 5.67. The monoisotopic (exact) mass is 317 g/mol. The van der Waals surface area contributed by atoms with Crippen LogP contribution < -0.4 is 10.3 Å². The number of carboxylic acids is 1. The third-order valence-electron chi connectivity index (χ3n) is 3.99. The molecule has 2 aliphatic rings. The van der Waals surface area contributed by atoms with Crippen LogP contribution in [0, 0.1) is 0 Å². The zero-order chi connectivity index (χ0) is 16.2. The molecule has 1 aromatic rings. The van der Waals surface area contributed by atoms with Gasteiger partial charge < -0.3 is 15.2 Å². The molecule has 0 aliphatic carbocycles. The molecule has 1 aromatic carbocycles. The fourth-order valence-corrected chi connectivity index (χ4v) is 2.81. The highest BCUT2D eigenvalue weighted by Gasteiger charge is 2.37. The van der Waals surface area contributed by atoms with E-state index in [1.165, 1.54) is 5.01 Å². The number of rotatable bonds is 4. The Hall–Kier alpha value is -2.41. The Morgan fingerprint density at radius 3 is 2.74 bits per heavy atom. The van der Waals surface area contributed by atoms with Crippen LogP contribution >= 0.6 is 0 Å². The predicted octanol–water partition coefficient (Wildman–Crippen LogP) is 1.00. The van der Waals surface area contributed by atoms with Crippen molar-refractivity contribution < 1.29 is 19.4 Å². The molecule has 2 aliphatic heterocycles. The minimum Gasteiger partial charge on any atom is -0.477 e. The number of aliphatic carboxylic acids is 1. The van der Waals surface area contributed by atoms with Gasteiger partial charge in [0.25, 0.3) is 0 Å². The number of carbonyl (C=O) groups excluding carboxylic acids is 1. The average Bonchev–Trinajstić information content (AvgIpc) is 3.02. The van der Waals surface area contributed by atoms with E-state index in [2.05, 4.69) is 10.4 Å². The first-order valence-corrected chi connectivity index (χ1v) is 7.68. The molecule has 3 rings (SSSR count). The molecule has 7 nitrogen and oxygen atoms in total. The predicted molar refractivity (Wildman–Crippen MR) is 84.4 cm³/mol. The molecule has 7 heteroatoms. The van der Waals surface area contributed by atoms with Gasteiger partial charge in [0, 0.05) is 13.0 Å². The molecule has 1 amide bonds. The molecule has 0 aromatic heterocycles. The largest absolute Gasteiger partial charge is 0.477 e. The molecule has 23 heavy (non-hydrogen) atoms. The SMILES string of the molecule is O=C(O)C1=NN(c2ccccc2)[C@@H](C(=O)N[C@H]2CCCOC2)C1. The van der Waals surface area contributed by atoms with Gasteiger partial charge in [0.05, 0.1) is 18.3 Å². The molecule has 0 saturated carbocycles. The summed E-state index contributed by atoms with van der Waals surface area (Å²) in [7, 11) is 0. The van der Waals surface area contributed by atoms with Crippen LogP contribution in [0.2, 0.25) is 0 Å². The fraction of sp³-hybridized carbons (Fsp3) is 0.438. The van der Waals surface area contributed by atoms with E-state index in [1.807, 2.05) is 18.2 Å². The van der Waals surface area contributed by atoms with Crippen molar-refractivity contribution in [2.75, 3.05) is 18.2 Å². The van der Waals surface area contributed by atoms with Crippen LogP contribution in [0.5, 0.6) is 0 Å². The van der Waals surface area contributed by atoms with E-state index in [0.29, 0.717) is 12.3 Å². The summed E-state index contributed by atoms with van der Waals surface area (Å²) in [5, 5.41) is 17.7. The van der Waals surface area contributed by atoms with Gasteiger partial charge >= 0.3 is 5.97 Å². The lowest BCUT2D eigenvalue weighted by molar-refractivity contribution is -0.129. The number of hydrazone groups is 1. The van der Waals surface area contributed by atoms with Crippen LogP contribution in [0.4, 0.5) is 5.69 Å². The van der Waals surface area contributed by atoms with E-state index < -0.39 is 12.0 Å². The van der Waals surface area contributed by atoms with Crippen molar-refractivity contribution in [3.8, 4) is 0 Å². The quantitative estimate of drug-likeness (QED) is 0.864. The molecule has 122 valence electrons. The van der Waals surface area contributed by atoms with Crippen LogP contribution in [-0.4, -0.2) is 48.0 Å². The van der Waals surface area contributed by atoms with Crippen molar-refractivity contribution in [1.82, 2.24) is 5.32 Å². The fourth-order valence-electron chi connectivity index (χ4n) is 2.81. The van der Waals surface area contributed by atoms with E-state index in [9.17, 15) is 14.7 Å². The number of carbonyl (C=O) groups is 2. The van der Waals surface area contributed by atoms with Gasteiger partial charge in [-0.15, -0.1) is 0 Å². The molecule has 2 N–H and O–H groups in total. The van der Waals surface area contributed by atoms with Gasteiger partial charge in [0.1, 0.15) is 11.8 Å². The molecule has 2 atom stereocenters. The first-order valence-electron chi connectivity index (χ1n) is 7.68. The summed E-state index contributed by atoms with van der Waals surface area (Å²) in [6.45, 7) is 1.22. The maximum atomic E-state index is 12.6. The van der Waals surface area contributed by atoms with Gasteiger partial charge in [0.2, 0.25) is 5.91 Å². The zero-order valence-electron chi connectivity index (χ0n) is 12.6. The van der Waals surface area contributed by atoms with Crippen molar-refractivity contribution in [2.45, 2.75) is 31.3 Å². The highest BCUT2D eigenvalue weighted by Crippen LogP contribution is 2.25. The smallest absolute Gasteiger partial charge is 0.352 e. The maximum Gasteiger partial charge on any atom is 0.352 e. The Labute approximate surface area is 133 Å². The number of amides is 1. The van der Waals surface area contributed by atoms with Crippen molar-refractivity contribution in [1.29, 1.82) is 0 Å². The minimum absolute atomic E-state index is 0.00565. The molecule has 0 unspecified atom stereocenters. The first-order chi connectivity index (χ1) is 11.1. The second-order valence-corrected chi connectivity index (χ2v) is 5.67. The van der Waals surface area contributed by atoms with E-state index in [1.54, 1.807) is 12.1 Å². The molecule has 1 saturated heterocycles. The van der Waals surface area contributed by atoms with Crippen molar-refractivity contribution in [2.24, 2.45) is 5.10 Å². The number of para-hydroxylation sites is 1. The average molecular weight is 317 g/mol. The molecule has 2 heterocycles. The number of hydrogen-bond donors (Lipinski definition) is 2. The summed E-state index contributed by atoms with van der Waals surface area (Å²) in [6, 6.07) is 8.45. The molecule has 0 bridgehead atoms. The van der Waals surface area contributed by atoms with Gasteiger partial charge in [-0.05, 0) is 25.0 Å². The third kappa shape index (κ3) is 3.50. The summed E-state index contributed by atoms with van der Waals surface area (Å²) in [5.41, 5.74) is 0.692. The summed E-state index contributed by atoms with van der Waals surface area (Å²) >= 11 is 0. The molecule has 0 spiro atoms. The summed E-state index contributed by atoms with van der Waals surface area (Å²) in [4.78, 5) is 23.8. The Kier molecular flexibility index (Phi) is 4.57. The van der Waals surface area contributed by atoms with Gasteiger partial charge in [-0.25, -0.2) is 4.79 Å². The standard InChI is InChI=1S/C16H19N3O4/c20-15(17-11-5-4-8-23-10-11)14-9-13(16(21)22)18-19(14)12-6-2-1-3-7-12/h1-3,6-7,11,14H,4-5,8-10H2,(H,17,20)(H,21,22)/t11-,14+/m0/s1. The van der Waals surface area contributed by atoms with E-state index in [0.717, 1.165) is 19.4 Å². The third-order valence-corrected chi connectivity index (χ3v) is 3.99. The summed E-state index contributed by atoms with van der Waals surface area (Å²) in [6.07, 6.45) is 1.87. The number of nitrogens with one attached hydrogen (secondary N) is 1. The molecular weight excluding hydrogens is 298 g/mol. The van der Waals surface area contributed by atoms with Crippen molar-refractivity contribution in [3.63, 3.8) is 0 Å². The lowest BCUT2D eigenvalue weighted by Crippen LogP contribution is -2.49. The van der Waals surface area contributed by atoms with E-state index >= 15 is 0 Å². The highest BCUT2D eigenvalue weighted by atomic mass is 16.5. The number of nitrogens with zero attached hydrogens (tertiary/aromatic N) is 2. The van der Waals surface area contributed by atoms with Crippen LogP contribution in [0.3, 0.4) is 0 Å². The Bertz CT molecular complexity index is 611. The van der Waals surface area contributed by atoms with Gasteiger partial charge in [-0.2, -0.15) is 5.10 Å². The Balaban J connectivity index is 1.76. The normalized spacial score (nSPS) is 24.2. The Morgan fingerprint density at radius 1 is 1.30 bits per heavy atom. The van der Waals surface area contributed by atoms with E-state index in [4.69, 9.17) is 4.74 Å². The van der Waals surface area contributed by atoms with E-state index in [-0.39, 0.29) is 24.1 Å². The maximum absolute atomic E-state index is 12.6. The number of benzene rings is 1. The second kappa shape index (κ2) is 6.78. The lowest BCUT2D eigenvalue weighted by atomic mass is 10.1. The lowest BCUT2D eigenvalue weighted by Gasteiger charge is -2.27. The van der Waals surface area contributed by atoms with Crippen LogP contribution in [-0.2, 0) is 14.3 Å². The summed E-state index contributed by atoms with van der Waals surface area (Å²) in [5.74, 6) is -1.31. The topological polar surface area (TPSA) is 91.2 Å². The van der Waals surface area contributed by atoms with Gasteiger partial charge in [0.15, 0.2) is 0 Å². The number of anilines is 1. The molecular formula is C16H19N3O4. The van der Waals surface area contributed by atoms with Crippen molar-refractivity contribution >= 4 is 23.3 Å².